The topological polar surface area (TPSA) is 182 Å². The van der Waals surface area contributed by atoms with Gasteiger partial charge in [-0.3, -0.25) is 19.2 Å². The number of carbonyl (C=O) groups excluding carboxylic acids is 4. The molecular formula is C36H38F3N3O11. The Morgan fingerprint density at radius 3 is 2.49 bits per heavy atom. The summed E-state index contributed by atoms with van der Waals surface area (Å²) in [5.74, 6) is -4.58. The van der Waals surface area contributed by atoms with Crippen LogP contribution in [0.1, 0.15) is 35.6 Å². The molecule has 2 bridgehead atoms. The first kappa shape index (κ1) is 36.9. The fourth-order valence-electron chi connectivity index (χ4n) is 8.07. The molecule has 1 saturated carbocycles. The highest BCUT2D eigenvalue weighted by Gasteiger charge is 2.76. The number of alkyl halides is 3. The molecule has 1 spiro atoms. The van der Waals surface area contributed by atoms with E-state index in [1.165, 1.54) is 18.1 Å². The highest BCUT2D eigenvalue weighted by Crippen LogP contribution is 2.58. The van der Waals surface area contributed by atoms with E-state index in [4.69, 9.17) is 19.0 Å². The normalized spacial score (nSPS) is 29.3. The maximum atomic E-state index is 14.6. The summed E-state index contributed by atoms with van der Waals surface area (Å²) in [7, 11) is 0. The zero-order chi connectivity index (χ0) is 37.7. The van der Waals surface area contributed by atoms with Crippen molar-refractivity contribution in [2.45, 2.75) is 87.3 Å². The minimum absolute atomic E-state index is 0.0580. The smallest absolute Gasteiger partial charge is 0.422 e. The summed E-state index contributed by atoms with van der Waals surface area (Å²) in [6.45, 7) is -1.00. The highest BCUT2D eigenvalue weighted by atomic mass is 19.4. The number of rotatable bonds is 11. The molecule has 2 aliphatic carbocycles. The summed E-state index contributed by atoms with van der Waals surface area (Å²) in [5, 5.41) is 26.2. The predicted molar refractivity (Wildman–Crippen MR) is 174 cm³/mol. The highest BCUT2D eigenvalue weighted by molar-refractivity contribution is 5.96. The first-order valence-electron chi connectivity index (χ1n) is 17.2. The maximum absolute atomic E-state index is 14.6. The number of fused-ring (bicyclic) bond motifs is 5. The second-order valence-corrected chi connectivity index (χ2v) is 13.9. The summed E-state index contributed by atoms with van der Waals surface area (Å²) in [5.41, 5.74) is 1.33. The second kappa shape index (κ2) is 14.1. The first-order chi connectivity index (χ1) is 25.2. The molecule has 8 atom stereocenters. The largest absolute Gasteiger partial charge is 0.458 e. The number of amides is 2. The van der Waals surface area contributed by atoms with Gasteiger partial charge in [-0.25, -0.2) is 4.79 Å². The second-order valence-electron chi connectivity index (χ2n) is 13.9. The van der Waals surface area contributed by atoms with Gasteiger partial charge in [0.05, 0.1) is 19.3 Å². The molecular weight excluding hydrogens is 707 g/mol. The zero-order valence-electron chi connectivity index (χ0n) is 28.4. The van der Waals surface area contributed by atoms with E-state index in [2.05, 4.69) is 15.4 Å². The Bertz CT molecular complexity index is 1780. The number of esters is 2. The number of hydroxylamine groups is 2. The van der Waals surface area contributed by atoms with Crippen LogP contribution in [0.5, 0.6) is 0 Å². The molecule has 2 amide bonds. The minimum atomic E-state index is -4.67. The van der Waals surface area contributed by atoms with Crippen LogP contribution < -0.4 is 10.6 Å². The van der Waals surface area contributed by atoms with Crippen molar-refractivity contribution in [1.29, 1.82) is 0 Å². The van der Waals surface area contributed by atoms with Crippen molar-refractivity contribution in [3.63, 3.8) is 0 Å². The van der Waals surface area contributed by atoms with Gasteiger partial charge in [-0.05, 0) is 35.3 Å². The van der Waals surface area contributed by atoms with E-state index in [0.29, 0.717) is 24.0 Å². The Balaban J connectivity index is 1.19. The van der Waals surface area contributed by atoms with Crippen LogP contribution in [0.3, 0.4) is 0 Å². The molecule has 53 heavy (non-hydrogen) atoms. The third-order valence-electron chi connectivity index (χ3n) is 10.3. The van der Waals surface area contributed by atoms with Crippen LogP contribution in [0, 0.1) is 5.41 Å². The fraction of sp³-hybridized carbons (Fsp3) is 0.500. The number of nitrogens with zero attached hydrogens (tertiary/aromatic N) is 1. The SMILES string of the molecule is C[C@H](O)[C@@H](NC(=O)[C@@]12C[C@H]3OC(=O)[C@@H]1N(Cc1cccc(C=CC(=O)OCC(F)(F)F)c1)O[C@@H]2[C@H]1OC2(Cc4ccccc4C2)O[C@H]13)C(=O)NCCO. The summed E-state index contributed by atoms with van der Waals surface area (Å²) in [6, 6.07) is 11.5. The average Bonchev–Trinajstić information content (AvgIpc) is 3.78. The van der Waals surface area contributed by atoms with Crippen molar-refractivity contribution in [2.24, 2.45) is 5.41 Å². The summed E-state index contributed by atoms with van der Waals surface area (Å²) < 4.78 is 60.9. The van der Waals surface area contributed by atoms with Gasteiger partial charge in [-0.1, -0.05) is 48.5 Å². The van der Waals surface area contributed by atoms with Gasteiger partial charge in [0.2, 0.25) is 11.8 Å². The van der Waals surface area contributed by atoms with E-state index in [1.54, 1.807) is 24.3 Å². The lowest BCUT2D eigenvalue weighted by Crippen LogP contribution is -2.71. The van der Waals surface area contributed by atoms with E-state index in [1.807, 2.05) is 24.3 Å². The minimum Gasteiger partial charge on any atom is -0.458 e. The molecule has 4 fully saturated rings. The van der Waals surface area contributed by atoms with E-state index >= 15 is 0 Å². The lowest BCUT2D eigenvalue weighted by molar-refractivity contribution is -0.217. The molecule has 3 saturated heterocycles. The fourth-order valence-corrected chi connectivity index (χ4v) is 8.07. The summed E-state index contributed by atoms with van der Waals surface area (Å²) in [6.07, 6.45) is -6.89. The van der Waals surface area contributed by atoms with Crippen LogP contribution in [-0.4, -0.2) is 113 Å². The molecule has 2 aromatic rings. The van der Waals surface area contributed by atoms with Gasteiger partial charge >= 0.3 is 18.1 Å². The van der Waals surface area contributed by atoms with Gasteiger partial charge in [0.1, 0.15) is 35.9 Å². The van der Waals surface area contributed by atoms with Gasteiger partial charge < -0.3 is 39.8 Å². The van der Waals surface area contributed by atoms with Gasteiger partial charge in [-0.15, -0.1) is 0 Å². The van der Waals surface area contributed by atoms with Crippen molar-refractivity contribution < 1.29 is 66.3 Å². The van der Waals surface area contributed by atoms with Crippen LogP contribution in [0.2, 0.25) is 0 Å². The molecule has 0 unspecified atom stereocenters. The van der Waals surface area contributed by atoms with Crippen molar-refractivity contribution in [2.75, 3.05) is 19.8 Å². The van der Waals surface area contributed by atoms with Crippen LogP contribution >= 0.6 is 0 Å². The molecule has 0 aromatic heterocycles. The Kier molecular flexibility index (Phi) is 9.84. The Morgan fingerprint density at radius 2 is 1.81 bits per heavy atom. The Labute approximate surface area is 301 Å². The van der Waals surface area contributed by atoms with E-state index in [9.17, 15) is 42.6 Å². The van der Waals surface area contributed by atoms with Crippen LogP contribution in [-0.2, 0) is 62.3 Å². The van der Waals surface area contributed by atoms with Gasteiger partial charge in [0, 0.05) is 31.9 Å². The molecule has 7 rings (SSSR count). The number of hydrogen-bond acceptors (Lipinski definition) is 12. The predicted octanol–water partition coefficient (Wildman–Crippen LogP) is 0.858. The average molecular weight is 746 g/mol. The number of hydrogen-bond donors (Lipinski definition) is 4. The number of carbonyl (C=O) groups is 4. The number of benzene rings is 2. The maximum Gasteiger partial charge on any atom is 0.422 e. The summed E-state index contributed by atoms with van der Waals surface area (Å²) >= 11 is 0. The molecule has 4 N–H and O–H groups in total. The number of aliphatic hydroxyl groups excluding tert-OH is 2. The zero-order valence-corrected chi connectivity index (χ0v) is 28.4. The van der Waals surface area contributed by atoms with E-state index in [-0.39, 0.29) is 26.1 Å². The molecule has 3 heterocycles. The third-order valence-corrected chi connectivity index (χ3v) is 10.3. The summed E-state index contributed by atoms with van der Waals surface area (Å²) in [4.78, 5) is 60.0. The number of aliphatic hydroxyl groups is 2. The molecule has 284 valence electrons. The van der Waals surface area contributed by atoms with E-state index < -0.39 is 90.3 Å². The lowest BCUT2D eigenvalue weighted by atomic mass is 9.62. The van der Waals surface area contributed by atoms with Crippen LogP contribution in [0.25, 0.3) is 6.08 Å². The molecule has 2 aromatic carbocycles. The molecule has 14 nitrogen and oxygen atoms in total. The number of ether oxygens (including phenoxy) is 4. The quantitative estimate of drug-likeness (QED) is 0.189. The van der Waals surface area contributed by atoms with Crippen LogP contribution in [0.15, 0.2) is 54.6 Å². The lowest BCUT2D eigenvalue weighted by Gasteiger charge is -2.49. The van der Waals surface area contributed by atoms with E-state index in [0.717, 1.165) is 17.2 Å². The van der Waals surface area contributed by atoms with Crippen molar-refractivity contribution in [3.05, 3.63) is 76.9 Å². The molecule has 17 heteroatoms. The number of halogens is 3. The van der Waals surface area contributed by atoms with Gasteiger partial charge in [0.25, 0.3) is 0 Å². The molecule has 0 radical (unpaired) electrons. The van der Waals surface area contributed by atoms with Gasteiger partial charge in [0.15, 0.2) is 18.4 Å². The van der Waals surface area contributed by atoms with Gasteiger partial charge in [-0.2, -0.15) is 18.2 Å². The van der Waals surface area contributed by atoms with Crippen molar-refractivity contribution in [3.8, 4) is 0 Å². The monoisotopic (exact) mass is 745 g/mol. The third kappa shape index (κ3) is 7.04. The molecule has 5 aliphatic rings. The molecule has 3 aliphatic heterocycles. The Hall–Kier alpha value is -4.39. The standard InChI is InChI=1S/C36H38F3N3O11/c1-19(44)26(31(46)40-11-12-43)41-33(48)35-16-24-27-28(52-34(51-27)14-22-7-2-3-8-23(22)15-34)30(35)53-42(29(35)32(47)50-24)17-21-6-4-5-20(13-21)9-10-25(45)49-18-36(37,38)39/h2-10,13,19,24,26-30,43-44H,11-12,14-18H2,1H3,(H,40,46)(H,41,48)/t19-,24+,26+,27-,28-,29-,30+,35-/m0/s1. The number of nitrogens with one attached hydrogen (secondary N) is 2. The Morgan fingerprint density at radius 1 is 1.09 bits per heavy atom. The first-order valence-corrected chi connectivity index (χ1v) is 17.2. The van der Waals surface area contributed by atoms with Crippen molar-refractivity contribution in [1.82, 2.24) is 15.7 Å². The van der Waals surface area contributed by atoms with Crippen molar-refractivity contribution >= 4 is 29.8 Å². The van der Waals surface area contributed by atoms with Crippen LogP contribution in [0.4, 0.5) is 13.2 Å².